The van der Waals surface area contributed by atoms with E-state index in [0.29, 0.717) is 17.4 Å². The van der Waals surface area contributed by atoms with Crippen molar-refractivity contribution in [1.82, 2.24) is 0 Å². The lowest BCUT2D eigenvalue weighted by Crippen LogP contribution is -2.37. The zero-order valence-electron chi connectivity index (χ0n) is 57.3. The van der Waals surface area contributed by atoms with Gasteiger partial charge in [-0.25, -0.2) is 0 Å². The summed E-state index contributed by atoms with van der Waals surface area (Å²) in [5.74, 6) is -0.823. The van der Waals surface area contributed by atoms with E-state index in [0.717, 1.165) is 57.8 Å². The number of ether oxygens (including phenoxy) is 2. The summed E-state index contributed by atoms with van der Waals surface area (Å²) in [5, 5.41) is 0. The number of carbonyl (C=O) groups excluding carboxylic acids is 2. The van der Waals surface area contributed by atoms with Crippen LogP contribution in [0.5, 0.6) is 0 Å². The molecule has 0 spiro atoms. The number of allylic oxidation sites excluding steroid dienone is 6. The normalized spacial score (nSPS) is 13.2. The lowest BCUT2D eigenvalue weighted by Gasteiger charge is -2.28. The Hall–Kier alpha value is -1.77. The van der Waals surface area contributed by atoms with Crippen LogP contribution in [-0.4, -0.2) is 70.0 Å². The quantitative estimate of drug-likeness (QED) is 0.0195. The van der Waals surface area contributed by atoms with Gasteiger partial charge >= 0.3 is 11.9 Å². The zero-order valence-corrected chi connectivity index (χ0v) is 58.2. The highest BCUT2D eigenvalue weighted by Gasteiger charge is 2.22. The molecule has 0 aliphatic carbocycles. The molecule has 0 aromatic heterocycles. The van der Waals surface area contributed by atoms with Crippen molar-refractivity contribution in [2.45, 2.75) is 386 Å². The Bertz CT molecular complexity index is 1530. The number of carbonyl (C=O) groups is 2. The number of esters is 2. The van der Waals surface area contributed by atoms with E-state index in [9.17, 15) is 19.0 Å². The molecular weight excluding hydrogens is 1070 g/mol. The Labute approximate surface area is 529 Å². The molecule has 9 nitrogen and oxygen atoms in total. The van der Waals surface area contributed by atoms with Gasteiger partial charge in [0, 0.05) is 12.8 Å². The van der Waals surface area contributed by atoms with Crippen molar-refractivity contribution < 1.29 is 42.1 Å². The average molecular weight is 1220 g/mol. The van der Waals surface area contributed by atoms with Crippen LogP contribution in [0.15, 0.2) is 36.5 Å². The Morgan fingerprint density at radius 3 is 0.941 bits per heavy atom. The summed E-state index contributed by atoms with van der Waals surface area (Å²) in [5.41, 5.74) is 0. The predicted molar refractivity (Wildman–Crippen MR) is 365 cm³/mol. The van der Waals surface area contributed by atoms with E-state index in [1.165, 1.54) is 289 Å². The van der Waals surface area contributed by atoms with Crippen LogP contribution in [-0.2, 0) is 32.7 Å². The molecule has 0 fully saturated rings. The highest BCUT2D eigenvalue weighted by atomic mass is 31.2. The van der Waals surface area contributed by atoms with E-state index in [1.54, 1.807) is 0 Å². The smallest absolute Gasteiger partial charge is 0.306 e. The topological polar surface area (TPSA) is 111 Å². The van der Waals surface area contributed by atoms with Crippen molar-refractivity contribution in [1.29, 1.82) is 0 Å². The van der Waals surface area contributed by atoms with Crippen molar-refractivity contribution in [2.24, 2.45) is 0 Å². The Morgan fingerprint density at radius 2 is 0.635 bits per heavy atom. The number of phosphoric acid groups is 1. The number of hydrogen-bond acceptors (Lipinski definition) is 8. The van der Waals surface area contributed by atoms with E-state index in [1.807, 2.05) is 21.1 Å². The van der Waals surface area contributed by atoms with Gasteiger partial charge in [-0.2, -0.15) is 0 Å². The molecule has 0 bridgehead atoms. The molecule has 10 heteroatoms. The molecule has 0 saturated carbocycles. The third-order valence-corrected chi connectivity index (χ3v) is 17.9. The number of unbranched alkanes of at least 4 members (excludes halogenated alkanes) is 50. The highest BCUT2D eigenvalue weighted by molar-refractivity contribution is 7.45. The summed E-state index contributed by atoms with van der Waals surface area (Å²) in [7, 11) is 1.18. The Morgan fingerprint density at radius 1 is 0.365 bits per heavy atom. The number of phosphoric ester groups is 1. The minimum Gasteiger partial charge on any atom is -0.756 e. The molecule has 85 heavy (non-hydrogen) atoms. The molecule has 0 aliphatic heterocycles. The van der Waals surface area contributed by atoms with E-state index >= 15 is 0 Å². The molecule has 0 aliphatic rings. The summed E-state index contributed by atoms with van der Waals surface area (Å²) in [6, 6.07) is 0. The third kappa shape index (κ3) is 71.2. The van der Waals surface area contributed by atoms with Crippen LogP contribution in [0.3, 0.4) is 0 Å². The van der Waals surface area contributed by atoms with Crippen LogP contribution in [0.25, 0.3) is 0 Å². The molecule has 0 N–H and O–H groups in total. The van der Waals surface area contributed by atoms with Crippen LogP contribution in [0.4, 0.5) is 0 Å². The first kappa shape index (κ1) is 83.2. The summed E-state index contributed by atoms with van der Waals surface area (Å²) >= 11 is 0. The maximum absolute atomic E-state index is 12.8. The first-order valence-electron chi connectivity index (χ1n) is 37.2. The number of likely N-dealkylation sites (N-methyl/N-ethyl adjacent to an activating group) is 1. The molecule has 0 heterocycles. The molecule has 2 unspecified atom stereocenters. The lowest BCUT2D eigenvalue weighted by molar-refractivity contribution is -0.870. The second-order valence-corrected chi connectivity index (χ2v) is 28.1. The number of quaternary nitrogens is 1. The van der Waals surface area contributed by atoms with Crippen molar-refractivity contribution >= 4 is 19.8 Å². The second kappa shape index (κ2) is 66.6. The highest BCUT2D eigenvalue weighted by Crippen LogP contribution is 2.38. The molecule has 0 rings (SSSR count). The van der Waals surface area contributed by atoms with Gasteiger partial charge in [0.25, 0.3) is 7.82 Å². The van der Waals surface area contributed by atoms with Crippen molar-refractivity contribution in [3.8, 4) is 0 Å². The van der Waals surface area contributed by atoms with E-state index in [2.05, 4.69) is 50.3 Å². The van der Waals surface area contributed by atoms with Gasteiger partial charge in [-0.05, 0) is 51.4 Å². The van der Waals surface area contributed by atoms with Crippen LogP contribution in [0.1, 0.15) is 380 Å². The first-order chi connectivity index (χ1) is 41.5. The van der Waals surface area contributed by atoms with Crippen LogP contribution < -0.4 is 4.89 Å². The third-order valence-electron chi connectivity index (χ3n) is 16.9. The fourth-order valence-corrected chi connectivity index (χ4v) is 11.9. The first-order valence-corrected chi connectivity index (χ1v) is 38.7. The zero-order chi connectivity index (χ0) is 61.9. The second-order valence-electron chi connectivity index (χ2n) is 26.7. The SMILES string of the molecule is CCCCCCC/C=C\C/C=C\C/C=C\CCCCCCCCCCC(=O)OC(COC(=O)CCCCCCCCCCCCCCCCCCCCCCCCCCCCCCCCCCCCCCCC)COP(=O)([O-])OCC[N+](C)(C)C. The fourth-order valence-electron chi connectivity index (χ4n) is 11.2. The van der Waals surface area contributed by atoms with Gasteiger partial charge in [0.15, 0.2) is 6.10 Å². The van der Waals surface area contributed by atoms with Gasteiger partial charge in [0.1, 0.15) is 19.8 Å². The molecule has 0 amide bonds. The van der Waals surface area contributed by atoms with E-state index < -0.39 is 26.5 Å². The van der Waals surface area contributed by atoms with Crippen molar-refractivity contribution in [2.75, 3.05) is 47.5 Å². The lowest BCUT2D eigenvalue weighted by atomic mass is 10.0. The minimum atomic E-state index is -4.64. The van der Waals surface area contributed by atoms with Gasteiger partial charge < -0.3 is 27.9 Å². The summed E-state index contributed by atoms with van der Waals surface area (Å²) < 4.78 is 34.3. The van der Waals surface area contributed by atoms with Crippen LogP contribution >= 0.6 is 7.82 Å². The fraction of sp³-hybridized carbons (Fsp3) is 0.893. The van der Waals surface area contributed by atoms with Gasteiger partial charge in [-0.3, -0.25) is 14.2 Å². The molecule has 502 valence electrons. The summed E-state index contributed by atoms with van der Waals surface area (Å²) in [4.78, 5) is 38.1. The van der Waals surface area contributed by atoms with Crippen molar-refractivity contribution in [3.05, 3.63) is 36.5 Å². The Balaban J connectivity index is 3.91. The average Bonchev–Trinajstić information content (AvgIpc) is 3.50. The van der Waals surface area contributed by atoms with Crippen LogP contribution in [0.2, 0.25) is 0 Å². The minimum absolute atomic E-state index is 0.0309. The monoisotopic (exact) mass is 1220 g/mol. The van der Waals surface area contributed by atoms with Gasteiger partial charge in [-0.1, -0.05) is 352 Å². The van der Waals surface area contributed by atoms with Crippen molar-refractivity contribution in [3.63, 3.8) is 0 Å². The van der Waals surface area contributed by atoms with Gasteiger partial charge in [0.2, 0.25) is 0 Å². The standard InChI is InChI=1S/C75H144NO8P/c1-6-8-10-12-14-16-18-20-22-24-26-28-30-31-32-33-34-35-36-37-38-39-40-41-42-43-44-46-47-49-51-53-55-57-59-61-63-65-67-74(77)81-71-73(72-83-85(79,80)82-70-69-76(3,4)5)84-75(78)68-66-64-62-60-58-56-54-52-50-48-45-29-27-25-23-21-19-17-15-13-11-9-7-2/h19,21,25,27,45,48,73H,6-18,20,22-24,26,28-44,46-47,49-72H2,1-5H3/b21-19-,27-25-,48-45-. The predicted octanol–water partition coefficient (Wildman–Crippen LogP) is 23.6. The maximum Gasteiger partial charge on any atom is 0.306 e. The number of hydrogen-bond donors (Lipinski definition) is 0. The van der Waals surface area contributed by atoms with Gasteiger partial charge in [-0.15, -0.1) is 0 Å². The molecule has 0 saturated heterocycles. The Kier molecular flexibility index (Phi) is 65.3. The number of nitrogens with zero attached hydrogens (tertiary/aromatic N) is 1. The molecule has 0 aromatic carbocycles. The molecular formula is C75H144NO8P. The van der Waals surface area contributed by atoms with E-state index in [-0.39, 0.29) is 32.0 Å². The van der Waals surface area contributed by atoms with Crippen LogP contribution in [0, 0.1) is 0 Å². The maximum atomic E-state index is 12.8. The number of rotatable bonds is 70. The molecule has 0 aromatic rings. The molecule has 2 atom stereocenters. The summed E-state index contributed by atoms with van der Waals surface area (Å²) in [6.07, 6.45) is 85.5. The van der Waals surface area contributed by atoms with E-state index in [4.69, 9.17) is 18.5 Å². The molecule has 0 radical (unpaired) electrons. The van der Waals surface area contributed by atoms with Gasteiger partial charge in [0.05, 0.1) is 27.7 Å². The largest absolute Gasteiger partial charge is 0.756 e. The summed E-state index contributed by atoms with van der Waals surface area (Å²) in [6.45, 7) is 4.28.